The molecule has 0 aliphatic carbocycles. The molecule has 0 unspecified atom stereocenters. The fraction of sp³-hybridized carbons (Fsp3) is 0.800. The van der Waals surface area contributed by atoms with Crippen molar-refractivity contribution in [1.29, 1.82) is 0 Å². The van der Waals surface area contributed by atoms with Crippen molar-refractivity contribution in [2.75, 3.05) is 13.2 Å². The van der Waals surface area contributed by atoms with E-state index in [9.17, 15) is 4.79 Å². The monoisotopic (exact) mass is 268 g/mol. The molecular weight excluding hydrogens is 262 g/mol. The van der Waals surface area contributed by atoms with Crippen LogP contribution in [0, 0.1) is 0 Å². The summed E-state index contributed by atoms with van der Waals surface area (Å²) in [5, 5.41) is -0.416. The van der Waals surface area contributed by atoms with Gasteiger partial charge in [0.05, 0.1) is 6.61 Å². The lowest BCUT2D eigenvalue weighted by atomic mass is 10.5. The van der Waals surface area contributed by atoms with Gasteiger partial charge in [0, 0.05) is 19.1 Å². The van der Waals surface area contributed by atoms with E-state index in [4.69, 9.17) is 49.6 Å². The third-order valence-corrected chi connectivity index (χ3v) is 3.63. The number of ether oxygens (including phenoxy) is 1. The van der Waals surface area contributed by atoms with Crippen molar-refractivity contribution in [2.24, 2.45) is 0 Å². The van der Waals surface area contributed by atoms with E-state index in [0.29, 0.717) is 12.7 Å². The Bertz CT molecular complexity index is 147. The highest BCUT2D eigenvalue weighted by Gasteiger charge is 2.23. The summed E-state index contributed by atoms with van der Waals surface area (Å²) < 4.78 is 5.00. The van der Waals surface area contributed by atoms with Gasteiger partial charge >= 0.3 is 6.00 Å². The van der Waals surface area contributed by atoms with Crippen molar-refractivity contribution in [3.05, 3.63) is 0 Å². The van der Waals surface area contributed by atoms with E-state index in [1.165, 1.54) is 0 Å². The van der Waals surface area contributed by atoms with Gasteiger partial charge in [0.15, 0.2) is 0 Å². The first-order chi connectivity index (χ1) is 5.42. The first-order valence-corrected chi connectivity index (χ1v) is 8.87. The van der Waals surface area contributed by atoms with Crippen LogP contribution in [0.1, 0.15) is 6.42 Å². The molecule has 7 heteroatoms. The third-order valence-electron chi connectivity index (χ3n) is 0.973. The molecule has 2 nitrogen and oxygen atoms in total. The van der Waals surface area contributed by atoms with Crippen molar-refractivity contribution < 1.29 is 9.53 Å². The lowest BCUT2D eigenvalue weighted by Gasteiger charge is -2.06. The molecule has 0 fully saturated rings. The van der Waals surface area contributed by atoms with Gasteiger partial charge < -0.3 is 4.74 Å². The molecule has 12 heavy (non-hydrogen) atoms. The first-order valence-electron chi connectivity index (χ1n) is 3.24. The standard InChI is InChI=1S/C5H8Cl4O2Si/c6-5(10)1-2-11-3-4-12(7,8)9/h1-4H2. The average Bonchev–Trinajstić information content (AvgIpc) is 1.83. The lowest BCUT2D eigenvalue weighted by molar-refractivity contribution is -0.112. The third kappa shape index (κ3) is 11.0. The van der Waals surface area contributed by atoms with Crippen LogP contribution >= 0.6 is 44.8 Å². The van der Waals surface area contributed by atoms with E-state index in [1.54, 1.807) is 0 Å². The SMILES string of the molecule is O=C(Cl)CCOCC[Si](Cl)(Cl)Cl. The predicted octanol–water partition coefficient (Wildman–Crippen LogP) is 2.81. The molecule has 0 rings (SSSR count). The van der Waals surface area contributed by atoms with Gasteiger partial charge in [0.1, 0.15) is 0 Å². The summed E-state index contributed by atoms with van der Waals surface area (Å²) in [4.78, 5) is 10.2. The van der Waals surface area contributed by atoms with E-state index in [1.807, 2.05) is 0 Å². The van der Waals surface area contributed by atoms with E-state index >= 15 is 0 Å². The number of hydrogen-bond donors (Lipinski definition) is 0. The Balaban J connectivity index is 3.17. The van der Waals surface area contributed by atoms with Crippen LogP contribution in [-0.2, 0) is 9.53 Å². The molecular formula is C5H8Cl4O2Si. The minimum Gasteiger partial charge on any atom is -0.381 e. The number of hydrogen-bond acceptors (Lipinski definition) is 2. The lowest BCUT2D eigenvalue weighted by Crippen LogP contribution is -2.13. The molecule has 0 radical (unpaired) electrons. The molecule has 0 heterocycles. The number of carbonyl (C=O) groups excluding carboxylic acids is 1. The van der Waals surface area contributed by atoms with Crippen LogP contribution < -0.4 is 0 Å². The van der Waals surface area contributed by atoms with Crippen molar-refractivity contribution in [3.63, 3.8) is 0 Å². The van der Waals surface area contributed by atoms with Crippen LogP contribution in [0.3, 0.4) is 0 Å². The summed E-state index contributed by atoms with van der Waals surface area (Å²) >= 11 is 21.8. The van der Waals surface area contributed by atoms with Gasteiger partial charge in [-0.25, -0.2) is 0 Å². The zero-order valence-corrected chi connectivity index (χ0v) is 10.2. The van der Waals surface area contributed by atoms with Gasteiger partial charge in [-0.2, -0.15) is 0 Å². The fourth-order valence-corrected chi connectivity index (χ4v) is 1.59. The molecule has 0 N–H and O–H groups in total. The molecule has 0 atom stereocenters. The molecule has 0 saturated carbocycles. The number of rotatable bonds is 6. The Hall–Kier alpha value is 1.01. The smallest absolute Gasteiger partial charge is 0.343 e. The summed E-state index contributed by atoms with van der Waals surface area (Å²) in [6.07, 6.45) is 0.197. The summed E-state index contributed by atoms with van der Waals surface area (Å²) in [5.74, 6) is 0. The van der Waals surface area contributed by atoms with Gasteiger partial charge in [-0.3, -0.25) is 4.79 Å². The maximum absolute atomic E-state index is 10.2. The van der Waals surface area contributed by atoms with Crippen LogP contribution in [0.4, 0.5) is 0 Å². The van der Waals surface area contributed by atoms with Crippen LogP contribution in [-0.4, -0.2) is 24.5 Å². The summed E-state index contributed by atoms with van der Waals surface area (Å²) in [7, 11) is 0. The van der Waals surface area contributed by atoms with Gasteiger partial charge in [0.2, 0.25) is 5.24 Å². The van der Waals surface area contributed by atoms with Crippen molar-refractivity contribution >= 4 is 56.1 Å². The Morgan fingerprint density at radius 1 is 1.25 bits per heavy atom. The first kappa shape index (κ1) is 13.0. The Morgan fingerprint density at radius 3 is 2.25 bits per heavy atom. The molecule has 0 aliphatic heterocycles. The van der Waals surface area contributed by atoms with Crippen molar-refractivity contribution in [2.45, 2.75) is 12.5 Å². The second-order valence-corrected chi connectivity index (χ2v) is 11.8. The van der Waals surface area contributed by atoms with Gasteiger partial charge in [-0.15, -0.1) is 33.2 Å². The summed E-state index contributed by atoms with van der Waals surface area (Å²) in [6.45, 7) is 0.657. The highest BCUT2D eigenvalue weighted by molar-refractivity contribution is 7.64. The second-order valence-electron chi connectivity index (χ2n) is 2.08. The molecule has 0 spiro atoms. The summed E-state index contributed by atoms with van der Waals surface area (Å²) in [5.41, 5.74) is 0. The van der Waals surface area contributed by atoms with Gasteiger partial charge in [-0.1, -0.05) is 0 Å². The topological polar surface area (TPSA) is 26.3 Å². The van der Waals surface area contributed by atoms with Gasteiger partial charge in [0.25, 0.3) is 0 Å². The Morgan fingerprint density at radius 2 is 1.83 bits per heavy atom. The Labute approximate surface area is 91.2 Å². The summed E-state index contributed by atoms with van der Waals surface area (Å²) in [6, 6.07) is -2.12. The van der Waals surface area contributed by atoms with E-state index in [0.717, 1.165) is 0 Å². The molecule has 0 bridgehead atoms. The second kappa shape index (κ2) is 6.46. The van der Waals surface area contributed by atoms with Crippen molar-refractivity contribution in [3.8, 4) is 0 Å². The highest BCUT2D eigenvalue weighted by atomic mass is 35.8. The number of carbonyl (C=O) groups is 1. The largest absolute Gasteiger partial charge is 0.381 e. The Kier molecular flexibility index (Phi) is 7.00. The molecule has 0 aliphatic rings. The minimum absolute atomic E-state index is 0.197. The van der Waals surface area contributed by atoms with E-state index in [-0.39, 0.29) is 13.0 Å². The normalized spacial score (nSPS) is 11.7. The average molecular weight is 270 g/mol. The zero-order valence-electron chi connectivity index (χ0n) is 6.16. The van der Waals surface area contributed by atoms with E-state index < -0.39 is 11.2 Å². The van der Waals surface area contributed by atoms with Crippen LogP contribution in [0.5, 0.6) is 0 Å². The van der Waals surface area contributed by atoms with Crippen molar-refractivity contribution in [1.82, 2.24) is 0 Å². The maximum atomic E-state index is 10.2. The molecule has 0 amide bonds. The van der Waals surface area contributed by atoms with E-state index in [2.05, 4.69) is 0 Å². The van der Waals surface area contributed by atoms with Crippen LogP contribution in [0.15, 0.2) is 0 Å². The molecule has 0 saturated heterocycles. The molecule has 0 aromatic heterocycles. The fourth-order valence-electron chi connectivity index (χ4n) is 0.442. The zero-order chi connectivity index (χ0) is 9.61. The maximum Gasteiger partial charge on any atom is 0.343 e. The quantitative estimate of drug-likeness (QED) is 0.321. The molecule has 0 aromatic rings. The molecule has 72 valence electrons. The van der Waals surface area contributed by atoms with Crippen LogP contribution in [0.2, 0.25) is 6.04 Å². The highest BCUT2D eigenvalue weighted by Crippen LogP contribution is 2.24. The molecule has 0 aromatic carbocycles. The van der Waals surface area contributed by atoms with Crippen LogP contribution in [0.25, 0.3) is 0 Å². The van der Waals surface area contributed by atoms with Gasteiger partial charge in [-0.05, 0) is 11.6 Å². The predicted molar refractivity (Wildman–Crippen MR) is 54.4 cm³/mol. The number of halogens is 4. The minimum atomic E-state index is -2.56.